The molecule has 0 aliphatic rings. The Balaban J connectivity index is 0. The van der Waals surface area contributed by atoms with Crippen LogP contribution in [0.25, 0.3) is 0 Å². The molecule has 0 radical (unpaired) electrons. The standard InChI is InChI=1S/C8H20O4Si.Cf/c1-8(9)12-6-5-7-13(4,10-2)11-3;/h8-9H,5-7H2,1-4H3;. The monoisotopic (exact) mass is 457 g/mol. The van der Waals surface area contributed by atoms with Gasteiger partial charge in [-0.1, -0.05) is 0 Å². The van der Waals surface area contributed by atoms with Crippen LogP contribution < -0.4 is 0 Å². The van der Waals surface area contributed by atoms with Crippen molar-refractivity contribution < 1.29 is 18.7 Å². The molecule has 0 bridgehead atoms. The molecule has 0 heterocycles. The molecule has 0 saturated heterocycles. The Labute approximate surface area is 81.1 Å². The zero-order valence-electron chi connectivity index (χ0n) is 9.19. The van der Waals surface area contributed by atoms with Gasteiger partial charge in [-0.15, -0.1) is 0 Å². The number of ether oxygens (including phenoxy) is 1. The molecule has 1 unspecified atom stereocenters. The molecule has 0 amide bonds. The van der Waals surface area contributed by atoms with Gasteiger partial charge in [0.25, 0.3) is 0 Å². The van der Waals surface area contributed by atoms with Crippen LogP contribution >= 0.6 is 0 Å². The predicted octanol–water partition coefficient (Wildman–Crippen LogP) is 1.10. The predicted molar refractivity (Wildman–Crippen MR) is 52.7 cm³/mol. The van der Waals surface area contributed by atoms with Gasteiger partial charge in [0.1, 0.15) is 0 Å². The van der Waals surface area contributed by atoms with Gasteiger partial charge in [-0.3, -0.25) is 0 Å². The molecule has 0 aromatic rings. The maximum atomic E-state index is 8.82. The number of hydrogen-bond acceptors (Lipinski definition) is 4. The van der Waals surface area contributed by atoms with E-state index in [-0.39, 0.29) is 0 Å². The maximum Gasteiger partial charge on any atom is 0.334 e. The van der Waals surface area contributed by atoms with Crippen LogP contribution in [0.1, 0.15) is 13.3 Å². The van der Waals surface area contributed by atoms with Crippen molar-refractivity contribution >= 4 is 8.56 Å². The van der Waals surface area contributed by atoms with E-state index in [1.165, 1.54) is 0 Å². The number of rotatable bonds is 7. The van der Waals surface area contributed by atoms with Crippen molar-refractivity contribution in [3.8, 4) is 0 Å². The van der Waals surface area contributed by atoms with E-state index in [1.54, 1.807) is 21.1 Å². The van der Waals surface area contributed by atoms with Gasteiger partial charge in [0, 0.05) is 20.8 Å². The first-order chi connectivity index (χ1) is 6.04. The van der Waals surface area contributed by atoms with E-state index < -0.39 is 14.9 Å². The van der Waals surface area contributed by atoms with Crippen molar-refractivity contribution in [1.82, 2.24) is 0 Å². The van der Waals surface area contributed by atoms with E-state index in [1.807, 2.05) is 6.55 Å². The van der Waals surface area contributed by atoms with E-state index in [0.717, 1.165) is 12.5 Å². The smallest absolute Gasteiger partial charge is 0.334 e. The second kappa shape index (κ2) is 7.46. The second-order valence-electron chi connectivity index (χ2n) is 3.12. The SMILES string of the molecule is CO[Si](C)(CCCOC(C)O)OC.[Cf]. The minimum Gasteiger partial charge on any atom is -0.398 e. The van der Waals surface area contributed by atoms with E-state index in [9.17, 15) is 0 Å². The van der Waals surface area contributed by atoms with E-state index in [0.29, 0.717) is 6.61 Å². The Bertz CT molecular complexity index is 131. The van der Waals surface area contributed by atoms with Gasteiger partial charge in [-0.25, -0.2) is 0 Å². The van der Waals surface area contributed by atoms with Gasteiger partial charge in [-0.05, 0) is 25.9 Å². The molecule has 0 aromatic heterocycles. The van der Waals surface area contributed by atoms with Gasteiger partial charge in [-0.2, -0.15) is 0 Å². The summed E-state index contributed by atoms with van der Waals surface area (Å²) in [6.45, 7) is 4.16. The molecule has 0 aromatic carbocycles. The molecule has 0 spiro atoms. The van der Waals surface area contributed by atoms with Crippen molar-refractivity contribution in [2.75, 3.05) is 20.8 Å². The van der Waals surface area contributed by atoms with E-state index >= 15 is 0 Å². The molecule has 0 saturated carbocycles. The first-order valence-corrected chi connectivity index (χ1v) is 6.96. The van der Waals surface area contributed by atoms with Gasteiger partial charge in [0.05, 0.1) is 0 Å². The van der Waals surface area contributed by atoms with Gasteiger partial charge in [0.15, 0.2) is 6.29 Å². The molecule has 4 nitrogen and oxygen atoms in total. The van der Waals surface area contributed by atoms with Crippen molar-refractivity contribution in [3.05, 3.63) is 0 Å². The van der Waals surface area contributed by atoms with Crippen LogP contribution in [-0.4, -0.2) is 40.8 Å². The van der Waals surface area contributed by atoms with Crippen LogP contribution in [0, 0.1) is 0 Å². The summed E-state index contributed by atoms with van der Waals surface area (Å²) in [7, 11) is 1.41. The molecular formula is C8H20CfO4Si. The summed E-state index contributed by atoms with van der Waals surface area (Å²) in [6.07, 6.45) is 0.174. The third-order valence-electron chi connectivity index (χ3n) is 2.00. The molecule has 0 aliphatic carbocycles. The average Bonchev–Trinajstić information content (AvgIpc) is 2.12. The van der Waals surface area contributed by atoms with Crippen molar-refractivity contribution in [3.63, 3.8) is 0 Å². The topological polar surface area (TPSA) is 47.9 Å². The normalized spacial score (nSPS) is 13.5. The van der Waals surface area contributed by atoms with Crippen LogP contribution in [-0.2, 0) is 13.6 Å². The Morgan fingerprint density at radius 2 is 1.79 bits per heavy atom. The fourth-order valence-electron chi connectivity index (χ4n) is 0.935. The van der Waals surface area contributed by atoms with Crippen molar-refractivity contribution in [2.45, 2.75) is 32.2 Å². The minimum atomic E-state index is -1.93. The molecule has 6 heteroatoms. The average molecular weight is 459 g/mol. The van der Waals surface area contributed by atoms with Crippen molar-refractivity contribution in [1.29, 1.82) is 0 Å². The summed E-state index contributed by atoms with van der Waals surface area (Å²) in [6, 6.07) is 0.882. The Morgan fingerprint density at radius 1 is 1.29 bits per heavy atom. The van der Waals surface area contributed by atoms with E-state index in [4.69, 9.17) is 18.7 Å². The van der Waals surface area contributed by atoms with Crippen LogP contribution in [0.3, 0.4) is 0 Å². The number of aliphatic hydroxyl groups excluding tert-OH is 1. The van der Waals surface area contributed by atoms with Crippen LogP contribution in [0.15, 0.2) is 0 Å². The summed E-state index contributed by atoms with van der Waals surface area (Å²) in [5, 5.41) is 8.82. The fraction of sp³-hybridized carbons (Fsp3) is 1.00. The molecule has 1 N–H and O–H groups in total. The Hall–Kier alpha value is -0.943. The first kappa shape index (κ1) is 15.5. The van der Waals surface area contributed by atoms with E-state index in [2.05, 4.69) is 0 Å². The molecule has 0 fully saturated rings. The fourth-order valence-corrected chi connectivity index (χ4v) is 2.30. The molecule has 0 aliphatic heterocycles. The molecule has 1 atom stereocenters. The zero-order chi connectivity index (χ0) is 10.3. The summed E-state index contributed by atoms with van der Waals surface area (Å²) >= 11 is 0. The molecular weight excluding hydrogens is 439 g/mol. The molecule has 0 rings (SSSR count). The third kappa shape index (κ3) is 6.56. The zero-order valence-corrected chi connectivity index (χ0v) is 12.8. The summed E-state index contributed by atoms with van der Waals surface area (Å²) in [4.78, 5) is 0. The van der Waals surface area contributed by atoms with Crippen LogP contribution in [0.2, 0.25) is 12.6 Å². The van der Waals surface area contributed by atoms with Crippen LogP contribution in [0.4, 0.5) is 0 Å². The van der Waals surface area contributed by atoms with Gasteiger partial charge >= 0.3 is 8.56 Å². The minimum absolute atomic E-state index is 0. The molecule has 90 valence electrons. The summed E-state index contributed by atoms with van der Waals surface area (Å²) in [5.41, 5.74) is 0. The van der Waals surface area contributed by atoms with Gasteiger partial charge in [0.2, 0.25) is 0 Å². The second-order valence-corrected chi connectivity index (χ2v) is 6.70. The number of hydrogen-bond donors (Lipinski definition) is 1. The number of aliphatic hydroxyl groups is 1. The summed E-state index contributed by atoms with van der Waals surface area (Å²) < 4.78 is 15.6. The molecule has 14 heavy (non-hydrogen) atoms. The van der Waals surface area contributed by atoms with Gasteiger partial charge < -0.3 is 18.7 Å². The Kier molecular flexibility index (Phi) is 8.27. The third-order valence-corrected chi connectivity index (χ3v) is 4.99. The van der Waals surface area contributed by atoms with Crippen molar-refractivity contribution in [2.24, 2.45) is 0 Å². The largest absolute Gasteiger partial charge is 0.398 e. The Morgan fingerprint density at radius 3 is 2.14 bits per heavy atom. The maximum absolute atomic E-state index is 8.82. The quantitative estimate of drug-likeness (QED) is 0.352. The summed E-state index contributed by atoms with van der Waals surface area (Å²) in [5.74, 6) is 0. The first-order valence-electron chi connectivity index (χ1n) is 4.44. The van der Waals surface area contributed by atoms with Crippen LogP contribution in [0.5, 0.6) is 0 Å².